The Hall–Kier alpha value is -3.12. The van der Waals surface area contributed by atoms with Gasteiger partial charge in [0.15, 0.2) is 0 Å². The number of anilines is 3. The van der Waals surface area contributed by atoms with E-state index in [0.29, 0.717) is 16.5 Å². The molecule has 1 aromatic heterocycles. The van der Waals surface area contributed by atoms with Gasteiger partial charge < -0.3 is 15.4 Å². The Morgan fingerprint density at radius 2 is 1.77 bits per heavy atom. The number of hydrogen-bond donors (Lipinski definition) is 2. The lowest BCUT2D eigenvalue weighted by atomic mass is 10.2. The minimum Gasteiger partial charge on any atom is -0.497 e. The second-order valence-corrected chi connectivity index (χ2v) is 5.97. The predicted octanol–water partition coefficient (Wildman–Crippen LogP) is 4.44. The van der Waals surface area contributed by atoms with Gasteiger partial charge in [-0.1, -0.05) is 17.7 Å². The lowest BCUT2D eigenvalue weighted by Crippen LogP contribution is -2.14. The molecule has 0 fully saturated rings. The summed E-state index contributed by atoms with van der Waals surface area (Å²) < 4.78 is 5.13. The highest BCUT2D eigenvalue weighted by Crippen LogP contribution is 2.21. The molecule has 0 bridgehead atoms. The van der Waals surface area contributed by atoms with Crippen molar-refractivity contribution in [3.8, 4) is 5.75 Å². The third-order valence-corrected chi connectivity index (χ3v) is 4.10. The highest BCUT2D eigenvalue weighted by Gasteiger charge is 2.10. The van der Waals surface area contributed by atoms with E-state index in [0.717, 1.165) is 17.0 Å². The van der Waals surface area contributed by atoms with E-state index < -0.39 is 0 Å². The molecule has 6 nitrogen and oxygen atoms in total. The van der Waals surface area contributed by atoms with Crippen molar-refractivity contribution in [3.05, 3.63) is 71.1 Å². The summed E-state index contributed by atoms with van der Waals surface area (Å²) in [5.41, 5.74) is 2.61. The third kappa shape index (κ3) is 4.29. The molecule has 0 spiro atoms. The number of aryl methyl sites for hydroxylation is 1. The maximum Gasteiger partial charge on any atom is 0.274 e. The second kappa shape index (κ2) is 7.84. The van der Waals surface area contributed by atoms with Crippen LogP contribution in [0.4, 0.5) is 17.2 Å². The Balaban J connectivity index is 1.73. The molecule has 2 aromatic carbocycles. The summed E-state index contributed by atoms with van der Waals surface area (Å²) in [4.78, 5) is 20.6. The Labute approximate surface area is 156 Å². The molecule has 0 aliphatic rings. The number of halogens is 1. The van der Waals surface area contributed by atoms with Crippen LogP contribution in [0.5, 0.6) is 5.75 Å². The van der Waals surface area contributed by atoms with Gasteiger partial charge in [0.2, 0.25) is 0 Å². The Morgan fingerprint density at radius 3 is 2.46 bits per heavy atom. The molecule has 0 radical (unpaired) electrons. The smallest absolute Gasteiger partial charge is 0.274 e. The maximum absolute atomic E-state index is 12.4. The summed E-state index contributed by atoms with van der Waals surface area (Å²) in [7, 11) is 1.61. The van der Waals surface area contributed by atoms with E-state index in [2.05, 4.69) is 20.6 Å². The molecule has 0 unspecified atom stereocenters. The van der Waals surface area contributed by atoms with Crippen LogP contribution in [-0.4, -0.2) is 23.0 Å². The topological polar surface area (TPSA) is 76.1 Å². The number of amides is 1. The van der Waals surface area contributed by atoms with Gasteiger partial charge in [-0.15, -0.1) is 0 Å². The van der Waals surface area contributed by atoms with Gasteiger partial charge in [-0.25, -0.2) is 9.97 Å². The number of carbonyl (C=O) groups excluding carboxylic acids is 1. The van der Waals surface area contributed by atoms with Gasteiger partial charge in [0.1, 0.15) is 23.6 Å². The van der Waals surface area contributed by atoms with Crippen LogP contribution in [0.3, 0.4) is 0 Å². The van der Waals surface area contributed by atoms with Crippen molar-refractivity contribution in [1.82, 2.24) is 9.97 Å². The highest BCUT2D eigenvalue weighted by molar-refractivity contribution is 6.31. The first-order chi connectivity index (χ1) is 12.5. The van der Waals surface area contributed by atoms with Crippen LogP contribution in [0.15, 0.2) is 54.9 Å². The molecule has 0 saturated heterocycles. The molecule has 3 aromatic rings. The van der Waals surface area contributed by atoms with E-state index in [-0.39, 0.29) is 11.6 Å². The molecule has 3 rings (SSSR count). The summed E-state index contributed by atoms with van der Waals surface area (Å²) in [5.74, 6) is 0.928. The van der Waals surface area contributed by atoms with Gasteiger partial charge in [-0.2, -0.15) is 0 Å². The van der Waals surface area contributed by atoms with Crippen molar-refractivity contribution in [2.45, 2.75) is 6.92 Å². The van der Waals surface area contributed by atoms with Crippen molar-refractivity contribution in [2.24, 2.45) is 0 Å². The van der Waals surface area contributed by atoms with E-state index in [1.807, 2.05) is 37.3 Å². The normalized spacial score (nSPS) is 10.3. The molecule has 132 valence electrons. The second-order valence-electron chi connectivity index (χ2n) is 5.56. The van der Waals surface area contributed by atoms with Crippen molar-refractivity contribution >= 4 is 34.7 Å². The maximum atomic E-state index is 12.4. The average Bonchev–Trinajstić information content (AvgIpc) is 2.65. The molecule has 1 amide bonds. The van der Waals surface area contributed by atoms with Crippen molar-refractivity contribution in [1.29, 1.82) is 0 Å². The summed E-state index contributed by atoms with van der Waals surface area (Å²) >= 11 is 6.08. The standard InChI is InChI=1S/C19H17ClN4O2/c1-12-3-4-14(9-16(12)20)24-19(25)17-10-18(22-11-21-17)23-13-5-7-15(26-2)8-6-13/h3-11H,1-2H3,(H,24,25)(H,21,22,23). The zero-order valence-corrected chi connectivity index (χ0v) is 15.0. The number of rotatable bonds is 5. The molecular formula is C19H17ClN4O2. The van der Waals surface area contributed by atoms with Gasteiger partial charge in [-0.3, -0.25) is 4.79 Å². The first-order valence-electron chi connectivity index (χ1n) is 7.86. The lowest BCUT2D eigenvalue weighted by molar-refractivity contribution is 0.102. The molecule has 0 saturated carbocycles. The Bertz CT molecular complexity index is 929. The minimum absolute atomic E-state index is 0.243. The van der Waals surface area contributed by atoms with Crippen LogP contribution >= 0.6 is 11.6 Å². The zero-order chi connectivity index (χ0) is 18.5. The number of benzene rings is 2. The lowest BCUT2D eigenvalue weighted by Gasteiger charge is -2.09. The number of nitrogens with one attached hydrogen (secondary N) is 2. The van der Waals surface area contributed by atoms with E-state index in [1.165, 1.54) is 6.33 Å². The summed E-state index contributed by atoms with van der Waals surface area (Å²) in [6.07, 6.45) is 1.34. The monoisotopic (exact) mass is 368 g/mol. The van der Waals surface area contributed by atoms with Gasteiger partial charge in [0, 0.05) is 22.5 Å². The van der Waals surface area contributed by atoms with Crippen molar-refractivity contribution in [2.75, 3.05) is 17.7 Å². The van der Waals surface area contributed by atoms with Gasteiger partial charge >= 0.3 is 0 Å². The number of methoxy groups -OCH3 is 1. The number of nitrogens with zero attached hydrogens (tertiary/aromatic N) is 2. The fourth-order valence-electron chi connectivity index (χ4n) is 2.24. The Kier molecular flexibility index (Phi) is 5.34. The van der Waals surface area contributed by atoms with E-state index in [1.54, 1.807) is 25.3 Å². The average molecular weight is 369 g/mol. The fourth-order valence-corrected chi connectivity index (χ4v) is 2.42. The first kappa shape index (κ1) is 17.7. The van der Waals surface area contributed by atoms with Gasteiger partial charge in [0.05, 0.1) is 7.11 Å². The summed E-state index contributed by atoms with van der Waals surface area (Å²) in [5, 5.41) is 6.49. The van der Waals surface area contributed by atoms with E-state index >= 15 is 0 Å². The van der Waals surface area contributed by atoms with Crippen LogP contribution in [0.2, 0.25) is 5.02 Å². The van der Waals surface area contributed by atoms with E-state index in [9.17, 15) is 4.79 Å². The predicted molar refractivity (Wildman–Crippen MR) is 102 cm³/mol. The first-order valence-corrected chi connectivity index (χ1v) is 8.23. The van der Waals surface area contributed by atoms with Gasteiger partial charge in [0.25, 0.3) is 5.91 Å². The van der Waals surface area contributed by atoms with Crippen LogP contribution in [0.25, 0.3) is 0 Å². The van der Waals surface area contributed by atoms with Crippen LogP contribution in [0, 0.1) is 6.92 Å². The molecule has 0 aliphatic carbocycles. The highest BCUT2D eigenvalue weighted by atomic mass is 35.5. The zero-order valence-electron chi connectivity index (χ0n) is 14.3. The quantitative estimate of drug-likeness (QED) is 0.696. The third-order valence-electron chi connectivity index (χ3n) is 3.69. The molecule has 2 N–H and O–H groups in total. The minimum atomic E-state index is -0.342. The number of carbonyl (C=O) groups is 1. The van der Waals surface area contributed by atoms with Crippen molar-refractivity contribution < 1.29 is 9.53 Å². The summed E-state index contributed by atoms with van der Waals surface area (Å²) in [6, 6.07) is 14.3. The number of aromatic nitrogens is 2. The Morgan fingerprint density at radius 1 is 1.04 bits per heavy atom. The molecule has 0 aliphatic heterocycles. The molecule has 1 heterocycles. The molecule has 26 heavy (non-hydrogen) atoms. The number of hydrogen-bond acceptors (Lipinski definition) is 5. The summed E-state index contributed by atoms with van der Waals surface area (Å²) in [6.45, 7) is 1.90. The van der Waals surface area contributed by atoms with Crippen LogP contribution in [0.1, 0.15) is 16.1 Å². The van der Waals surface area contributed by atoms with Crippen LogP contribution < -0.4 is 15.4 Å². The van der Waals surface area contributed by atoms with E-state index in [4.69, 9.17) is 16.3 Å². The number of ether oxygens (including phenoxy) is 1. The van der Waals surface area contributed by atoms with Gasteiger partial charge in [-0.05, 0) is 48.9 Å². The van der Waals surface area contributed by atoms with Crippen LogP contribution in [-0.2, 0) is 0 Å². The molecule has 0 atom stereocenters. The SMILES string of the molecule is COc1ccc(Nc2cc(C(=O)Nc3ccc(C)c(Cl)c3)ncn2)cc1. The van der Waals surface area contributed by atoms with Crippen molar-refractivity contribution in [3.63, 3.8) is 0 Å². The molecule has 7 heteroatoms. The molecular weight excluding hydrogens is 352 g/mol. The fraction of sp³-hybridized carbons (Fsp3) is 0.105. The largest absolute Gasteiger partial charge is 0.497 e.